The van der Waals surface area contributed by atoms with Crippen molar-refractivity contribution in [2.24, 2.45) is 0 Å². The van der Waals surface area contributed by atoms with E-state index < -0.39 is 5.97 Å². The van der Waals surface area contributed by atoms with E-state index >= 15 is 0 Å². The minimum absolute atomic E-state index is 0.164. The lowest BCUT2D eigenvalue weighted by Crippen LogP contribution is -2.23. The van der Waals surface area contributed by atoms with E-state index in [1.807, 2.05) is 31.2 Å². The van der Waals surface area contributed by atoms with E-state index in [1.165, 1.54) is 18.0 Å². The SMILES string of the molecule is COCCOC(=O)c1sc2ncn(CCOc3cccc(C)c3)c(=O)c2c1C. The molecule has 0 N–H and O–H groups in total. The summed E-state index contributed by atoms with van der Waals surface area (Å²) in [5.41, 5.74) is 1.51. The van der Waals surface area contributed by atoms with Gasteiger partial charge < -0.3 is 14.2 Å². The van der Waals surface area contributed by atoms with Crippen molar-refractivity contribution in [2.45, 2.75) is 20.4 Å². The Kier molecular flexibility index (Phi) is 6.43. The number of hydrogen-bond acceptors (Lipinski definition) is 7. The van der Waals surface area contributed by atoms with Crippen molar-refractivity contribution in [3.8, 4) is 5.75 Å². The Morgan fingerprint density at radius 2 is 2.04 bits per heavy atom. The van der Waals surface area contributed by atoms with E-state index in [1.54, 1.807) is 6.92 Å². The van der Waals surface area contributed by atoms with Crippen LogP contribution in [0.15, 0.2) is 35.4 Å². The number of ether oxygens (including phenoxy) is 3. The summed E-state index contributed by atoms with van der Waals surface area (Å²) in [6, 6.07) is 7.73. The normalized spacial score (nSPS) is 11.0. The molecule has 0 bridgehead atoms. The second-order valence-electron chi connectivity index (χ2n) is 6.27. The van der Waals surface area contributed by atoms with Crippen LogP contribution in [0, 0.1) is 13.8 Å². The van der Waals surface area contributed by atoms with Crippen molar-refractivity contribution in [3.05, 3.63) is 57.0 Å². The number of rotatable bonds is 8. The first-order valence-corrected chi connectivity index (χ1v) is 9.67. The average molecular weight is 402 g/mol. The summed E-state index contributed by atoms with van der Waals surface area (Å²) in [4.78, 5) is 30.3. The fourth-order valence-corrected chi connectivity index (χ4v) is 3.80. The van der Waals surface area contributed by atoms with Crippen LogP contribution in [-0.2, 0) is 16.0 Å². The molecule has 0 atom stereocenters. The molecule has 0 aliphatic carbocycles. The summed E-state index contributed by atoms with van der Waals surface area (Å²) < 4.78 is 17.3. The van der Waals surface area contributed by atoms with Crippen LogP contribution >= 0.6 is 11.3 Å². The van der Waals surface area contributed by atoms with Crippen molar-refractivity contribution < 1.29 is 19.0 Å². The Hall–Kier alpha value is -2.71. The Balaban J connectivity index is 1.76. The fraction of sp³-hybridized carbons (Fsp3) is 0.350. The number of methoxy groups -OCH3 is 1. The molecule has 7 nitrogen and oxygen atoms in total. The van der Waals surface area contributed by atoms with Gasteiger partial charge in [-0.2, -0.15) is 0 Å². The molecule has 0 amide bonds. The van der Waals surface area contributed by atoms with E-state index in [4.69, 9.17) is 14.2 Å². The molecule has 0 radical (unpaired) electrons. The van der Waals surface area contributed by atoms with Gasteiger partial charge in [0, 0.05) is 7.11 Å². The number of aromatic nitrogens is 2. The minimum Gasteiger partial charge on any atom is -0.492 e. The number of thiophene rings is 1. The van der Waals surface area contributed by atoms with E-state index in [-0.39, 0.29) is 12.2 Å². The van der Waals surface area contributed by atoms with Gasteiger partial charge in [-0.1, -0.05) is 12.1 Å². The molecule has 1 aromatic carbocycles. The van der Waals surface area contributed by atoms with E-state index in [0.717, 1.165) is 22.6 Å². The highest BCUT2D eigenvalue weighted by Gasteiger charge is 2.20. The molecule has 8 heteroatoms. The third-order valence-corrected chi connectivity index (χ3v) is 5.39. The maximum Gasteiger partial charge on any atom is 0.348 e. The molecule has 28 heavy (non-hydrogen) atoms. The average Bonchev–Trinajstić information content (AvgIpc) is 3.01. The van der Waals surface area contributed by atoms with Gasteiger partial charge in [-0.05, 0) is 37.1 Å². The van der Waals surface area contributed by atoms with Crippen molar-refractivity contribution in [1.29, 1.82) is 0 Å². The molecule has 0 aliphatic heterocycles. The van der Waals surface area contributed by atoms with Crippen molar-refractivity contribution in [3.63, 3.8) is 0 Å². The van der Waals surface area contributed by atoms with Crippen LogP contribution in [0.5, 0.6) is 5.75 Å². The summed E-state index contributed by atoms with van der Waals surface area (Å²) in [7, 11) is 1.54. The molecule has 3 aromatic rings. The molecule has 3 rings (SSSR count). The summed E-state index contributed by atoms with van der Waals surface area (Å²) >= 11 is 1.16. The quantitative estimate of drug-likeness (QED) is 0.426. The highest BCUT2D eigenvalue weighted by atomic mass is 32.1. The highest BCUT2D eigenvalue weighted by molar-refractivity contribution is 7.20. The molecular formula is C20H22N2O5S. The van der Waals surface area contributed by atoms with E-state index in [0.29, 0.717) is 40.4 Å². The van der Waals surface area contributed by atoms with Crippen molar-refractivity contribution in [2.75, 3.05) is 26.9 Å². The van der Waals surface area contributed by atoms with E-state index in [2.05, 4.69) is 4.98 Å². The molecular weight excluding hydrogens is 380 g/mol. The van der Waals surface area contributed by atoms with Crippen LogP contribution in [0.25, 0.3) is 10.2 Å². The Labute approximate surface area is 166 Å². The fourth-order valence-electron chi connectivity index (χ4n) is 2.76. The third kappa shape index (κ3) is 4.40. The lowest BCUT2D eigenvalue weighted by atomic mass is 10.2. The van der Waals surface area contributed by atoms with Crippen molar-refractivity contribution >= 4 is 27.5 Å². The van der Waals surface area contributed by atoms with Gasteiger partial charge in [0.15, 0.2) is 0 Å². The number of hydrogen-bond donors (Lipinski definition) is 0. The Morgan fingerprint density at radius 1 is 1.21 bits per heavy atom. The predicted molar refractivity (Wildman–Crippen MR) is 107 cm³/mol. The number of fused-ring (bicyclic) bond motifs is 1. The van der Waals surface area contributed by atoms with Gasteiger partial charge in [0.25, 0.3) is 5.56 Å². The van der Waals surface area contributed by atoms with Crippen LogP contribution in [0.4, 0.5) is 0 Å². The maximum atomic E-state index is 12.8. The molecule has 0 spiro atoms. The zero-order valence-electron chi connectivity index (χ0n) is 16.1. The van der Waals surface area contributed by atoms with Gasteiger partial charge in [0.05, 0.1) is 24.9 Å². The summed E-state index contributed by atoms with van der Waals surface area (Å²) in [6.07, 6.45) is 1.49. The van der Waals surface area contributed by atoms with Crippen LogP contribution < -0.4 is 10.3 Å². The molecule has 0 fully saturated rings. The Bertz CT molecular complexity index is 1040. The van der Waals surface area contributed by atoms with Gasteiger partial charge in [-0.15, -0.1) is 11.3 Å². The smallest absolute Gasteiger partial charge is 0.348 e. The first-order valence-electron chi connectivity index (χ1n) is 8.85. The molecule has 0 aliphatic rings. The highest BCUT2D eigenvalue weighted by Crippen LogP contribution is 2.27. The molecule has 148 valence electrons. The molecule has 2 heterocycles. The van der Waals surface area contributed by atoms with Gasteiger partial charge in [-0.3, -0.25) is 9.36 Å². The van der Waals surface area contributed by atoms with Gasteiger partial charge in [-0.25, -0.2) is 9.78 Å². The number of carbonyl (C=O) groups is 1. The van der Waals surface area contributed by atoms with Crippen LogP contribution in [0.3, 0.4) is 0 Å². The third-order valence-electron chi connectivity index (χ3n) is 4.21. The van der Waals surface area contributed by atoms with Gasteiger partial charge in [0.2, 0.25) is 0 Å². The molecule has 2 aromatic heterocycles. The zero-order valence-corrected chi connectivity index (χ0v) is 16.9. The van der Waals surface area contributed by atoms with E-state index in [9.17, 15) is 9.59 Å². The van der Waals surface area contributed by atoms with Crippen LogP contribution in [0.1, 0.15) is 20.8 Å². The van der Waals surface area contributed by atoms with Gasteiger partial charge in [0.1, 0.15) is 28.7 Å². The lowest BCUT2D eigenvalue weighted by molar-refractivity contribution is 0.0393. The van der Waals surface area contributed by atoms with Gasteiger partial charge >= 0.3 is 5.97 Å². The monoisotopic (exact) mass is 402 g/mol. The summed E-state index contributed by atoms with van der Waals surface area (Å²) in [5, 5.41) is 0.446. The zero-order chi connectivity index (χ0) is 20.1. The first kappa shape index (κ1) is 20.0. The number of benzene rings is 1. The second-order valence-corrected chi connectivity index (χ2v) is 7.27. The standard InChI is InChI=1S/C20H22N2O5S/c1-13-5-4-6-15(11-13)26-8-7-22-12-21-18-16(19(22)23)14(2)17(28-18)20(24)27-10-9-25-3/h4-6,11-12H,7-10H2,1-3H3. The lowest BCUT2D eigenvalue weighted by Gasteiger charge is -2.08. The summed E-state index contributed by atoms with van der Waals surface area (Å²) in [5.74, 6) is 0.293. The second kappa shape index (κ2) is 8.99. The topological polar surface area (TPSA) is 79.7 Å². The number of nitrogens with zero attached hydrogens (tertiary/aromatic N) is 2. The van der Waals surface area contributed by atoms with Crippen LogP contribution in [0.2, 0.25) is 0 Å². The molecule has 0 unspecified atom stereocenters. The van der Waals surface area contributed by atoms with Crippen molar-refractivity contribution in [1.82, 2.24) is 9.55 Å². The minimum atomic E-state index is -0.466. The largest absolute Gasteiger partial charge is 0.492 e. The number of carbonyl (C=O) groups excluding carboxylic acids is 1. The Morgan fingerprint density at radius 3 is 2.79 bits per heavy atom. The molecule has 0 saturated carbocycles. The first-order chi connectivity index (χ1) is 13.5. The predicted octanol–water partition coefficient (Wildman–Crippen LogP) is 2.96. The molecule has 0 saturated heterocycles. The maximum absolute atomic E-state index is 12.8. The number of esters is 1. The number of aryl methyl sites for hydroxylation is 2. The van der Waals surface area contributed by atoms with Crippen LogP contribution in [-0.4, -0.2) is 42.5 Å². The summed E-state index contributed by atoms with van der Waals surface area (Å²) in [6.45, 7) is 4.91.